The molecular formula is C18H23N3O2. The Bertz CT molecular complexity index is 718. The molecule has 1 amide bonds. The van der Waals surface area contributed by atoms with Crippen molar-refractivity contribution in [2.45, 2.75) is 44.6 Å². The first-order chi connectivity index (χ1) is 11.3. The summed E-state index contributed by atoms with van der Waals surface area (Å²) in [5, 5.41) is 4.33. The van der Waals surface area contributed by atoms with Gasteiger partial charge < -0.3 is 9.64 Å². The standard InChI is InChI=1S/C18H23N3O2/c1-23-16-9-5-11-21-17(16)14(12-19-21)18(22)20-10-4-8-15(20)13-6-2-3-7-13/h5,9,11-13,15H,2-4,6-8,10H2,1H3. The molecular weight excluding hydrogens is 290 g/mol. The van der Waals surface area contributed by atoms with Crippen LogP contribution in [0.1, 0.15) is 48.9 Å². The maximum atomic E-state index is 13.2. The molecule has 5 nitrogen and oxygen atoms in total. The van der Waals surface area contributed by atoms with Crippen molar-refractivity contribution >= 4 is 11.4 Å². The number of amides is 1. The van der Waals surface area contributed by atoms with Crippen molar-refractivity contribution in [3.8, 4) is 5.75 Å². The second-order valence-corrected chi connectivity index (χ2v) is 6.68. The summed E-state index contributed by atoms with van der Waals surface area (Å²) in [6.45, 7) is 0.868. The molecule has 4 rings (SSSR count). The van der Waals surface area contributed by atoms with Crippen molar-refractivity contribution in [2.24, 2.45) is 5.92 Å². The fraction of sp³-hybridized carbons (Fsp3) is 0.556. The van der Waals surface area contributed by atoms with E-state index in [-0.39, 0.29) is 5.91 Å². The molecule has 2 aromatic rings. The molecule has 5 heteroatoms. The first-order valence-electron chi connectivity index (χ1n) is 8.61. The van der Waals surface area contributed by atoms with Crippen LogP contribution in [0.3, 0.4) is 0 Å². The number of fused-ring (bicyclic) bond motifs is 1. The molecule has 3 heterocycles. The SMILES string of the molecule is COc1cccn2ncc(C(=O)N3CCCC3C3CCCC3)c12. The van der Waals surface area contributed by atoms with E-state index in [1.165, 1.54) is 25.7 Å². The van der Waals surface area contributed by atoms with Gasteiger partial charge in [-0.1, -0.05) is 12.8 Å². The Kier molecular flexibility index (Phi) is 3.71. The number of likely N-dealkylation sites (tertiary alicyclic amines) is 1. The molecule has 122 valence electrons. The number of hydrogen-bond acceptors (Lipinski definition) is 3. The van der Waals surface area contributed by atoms with E-state index in [2.05, 4.69) is 10.00 Å². The minimum atomic E-state index is 0.110. The molecule has 2 fully saturated rings. The Hall–Kier alpha value is -2.04. The van der Waals surface area contributed by atoms with Gasteiger partial charge in [-0.3, -0.25) is 4.79 Å². The van der Waals surface area contributed by atoms with E-state index in [0.717, 1.165) is 24.9 Å². The number of hydrogen-bond donors (Lipinski definition) is 0. The highest BCUT2D eigenvalue weighted by atomic mass is 16.5. The lowest BCUT2D eigenvalue weighted by molar-refractivity contribution is 0.0691. The van der Waals surface area contributed by atoms with Crippen molar-refractivity contribution in [1.82, 2.24) is 14.5 Å². The predicted molar refractivity (Wildman–Crippen MR) is 87.8 cm³/mol. The van der Waals surface area contributed by atoms with E-state index in [9.17, 15) is 4.79 Å². The first-order valence-corrected chi connectivity index (χ1v) is 8.61. The van der Waals surface area contributed by atoms with Crippen LogP contribution in [0.25, 0.3) is 5.52 Å². The molecule has 1 saturated carbocycles. The van der Waals surface area contributed by atoms with Crippen LogP contribution in [-0.2, 0) is 0 Å². The fourth-order valence-corrected chi connectivity index (χ4v) is 4.36. The van der Waals surface area contributed by atoms with Gasteiger partial charge in [0.25, 0.3) is 5.91 Å². The molecule has 0 N–H and O–H groups in total. The topological polar surface area (TPSA) is 46.8 Å². The lowest BCUT2D eigenvalue weighted by Gasteiger charge is -2.29. The van der Waals surface area contributed by atoms with E-state index >= 15 is 0 Å². The summed E-state index contributed by atoms with van der Waals surface area (Å²) in [4.78, 5) is 15.3. The van der Waals surface area contributed by atoms with Gasteiger partial charge in [0.15, 0.2) is 0 Å². The summed E-state index contributed by atoms with van der Waals surface area (Å²) in [6, 6.07) is 4.17. The number of rotatable bonds is 3. The van der Waals surface area contributed by atoms with Crippen LogP contribution >= 0.6 is 0 Å². The Morgan fingerprint density at radius 1 is 1.26 bits per heavy atom. The Morgan fingerprint density at radius 2 is 2.09 bits per heavy atom. The average molecular weight is 313 g/mol. The highest BCUT2D eigenvalue weighted by molar-refractivity contribution is 6.02. The lowest BCUT2D eigenvalue weighted by Crippen LogP contribution is -2.39. The predicted octanol–water partition coefficient (Wildman–Crippen LogP) is 3.14. The second kappa shape index (κ2) is 5.87. The smallest absolute Gasteiger partial charge is 0.258 e. The quantitative estimate of drug-likeness (QED) is 0.874. The van der Waals surface area contributed by atoms with Crippen LogP contribution in [-0.4, -0.2) is 40.1 Å². The number of methoxy groups -OCH3 is 1. The van der Waals surface area contributed by atoms with Crippen molar-refractivity contribution in [3.63, 3.8) is 0 Å². The number of aromatic nitrogens is 2. The molecule has 1 aliphatic carbocycles. The third-order valence-electron chi connectivity index (χ3n) is 5.46. The van der Waals surface area contributed by atoms with Crippen molar-refractivity contribution in [3.05, 3.63) is 30.1 Å². The van der Waals surface area contributed by atoms with Gasteiger partial charge in [0.1, 0.15) is 11.3 Å². The minimum Gasteiger partial charge on any atom is -0.494 e. The van der Waals surface area contributed by atoms with Crippen LogP contribution in [0.5, 0.6) is 5.75 Å². The Balaban J connectivity index is 1.68. The van der Waals surface area contributed by atoms with Gasteiger partial charge in [0.05, 0.1) is 18.9 Å². The van der Waals surface area contributed by atoms with Crippen LogP contribution in [0, 0.1) is 5.92 Å². The number of ether oxygens (including phenoxy) is 1. The zero-order valence-corrected chi connectivity index (χ0v) is 13.6. The number of carbonyl (C=O) groups is 1. The van der Waals surface area contributed by atoms with Crippen molar-refractivity contribution in [1.29, 1.82) is 0 Å². The number of pyridine rings is 1. The van der Waals surface area contributed by atoms with Gasteiger partial charge >= 0.3 is 0 Å². The molecule has 0 aromatic carbocycles. The first kappa shape index (κ1) is 14.5. The minimum absolute atomic E-state index is 0.110. The average Bonchev–Trinajstić information content (AvgIpc) is 3.31. The third kappa shape index (κ3) is 2.38. The van der Waals surface area contributed by atoms with Gasteiger partial charge in [0.2, 0.25) is 0 Å². The molecule has 0 bridgehead atoms. The van der Waals surface area contributed by atoms with Crippen molar-refractivity contribution < 1.29 is 9.53 Å². The largest absolute Gasteiger partial charge is 0.494 e. The van der Waals surface area contributed by atoms with Gasteiger partial charge in [-0.15, -0.1) is 0 Å². The summed E-state index contributed by atoms with van der Waals surface area (Å²) in [5.74, 6) is 1.49. The Labute approximate surface area is 136 Å². The number of carbonyl (C=O) groups excluding carboxylic acids is 1. The monoisotopic (exact) mass is 313 g/mol. The molecule has 1 aliphatic heterocycles. The van der Waals surface area contributed by atoms with Crippen LogP contribution < -0.4 is 4.74 Å². The summed E-state index contributed by atoms with van der Waals surface area (Å²) < 4.78 is 7.16. The van der Waals surface area contributed by atoms with E-state index in [1.54, 1.807) is 17.8 Å². The molecule has 2 aliphatic rings. The molecule has 1 unspecified atom stereocenters. The zero-order chi connectivity index (χ0) is 15.8. The van der Waals surface area contributed by atoms with Gasteiger partial charge in [-0.05, 0) is 43.7 Å². The highest BCUT2D eigenvalue weighted by Crippen LogP contribution is 2.36. The van der Waals surface area contributed by atoms with E-state index < -0.39 is 0 Å². The highest BCUT2D eigenvalue weighted by Gasteiger charge is 2.37. The van der Waals surface area contributed by atoms with Crippen LogP contribution in [0.2, 0.25) is 0 Å². The van der Waals surface area contributed by atoms with E-state index in [1.807, 2.05) is 18.3 Å². The van der Waals surface area contributed by atoms with E-state index in [0.29, 0.717) is 23.3 Å². The molecule has 2 aromatic heterocycles. The summed E-state index contributed by atoms with van der Waals surface area (Å²) >= 11 is 0. The van der Waals surface area contributed by atoms with Crippen LogP contribution in [0.15, 0.2) is 24.5 Å². The van der Waals surface area contributed by atoms with E-state index in [4.69, 9.17) is 4.74 Å². The Morgan fingerprint density at radius 3 is 2.87 bits per heavy atom. The molecule has 1 saturated heterocycles. The molecule has 23 heavy (non-hydrogen) atoms. The maximum Gasteiger partial charge on any atom is 0.258 e. The fourth-order valence-electron chi connectivity index (χ4n) is 4.36. The lowest BCUT2D eigenvalue weighted by atomic mass is 9.95. The maximum absolute atomic E-state index is 13.2. The van der Waals surface area contributed by atoms with Gasteiger partial charge in [-0.25, -0.2) is 4.52 Å². The normalized spacial score (nSPS) is 22.1. The van der Waals surface area contributed by atoms with Gasteiger partial charge in [-0.2, -0.15) is 5.10 Å². The van der Waals surface area contributed by atoms with Gasteiger partial charge in [0, 0.05) is 18.8 Å². The van der Waals surface area contributed by atoms with Crippen LogP contribution in [0.4, 0.5) is 0 Å². The molecule has 1 atom stereocenters. The molecule has 0 radical (unpaired) electrons. The second-order valence-electron chi connectivity index (χ2n) is 6.68. The third-order valence-corrected chi connectivity index (χ3v) is 5.46. The summed E-state index contributed by atoms with van der Waals surface area (Å²) in [5.41, 5.74) is 1.43. The summed E-state index contributed by atoms with van der Waals surface area (Å²) in [7, 11) is 1.63. The van der Waals surface area contributed by atoms with Crippen molar-refractivity contribution in [2.75, 3.05) is 13.7 Å². The summed E-state index contributed by atoms with van der Waals surface area (Å²) in [6.07, 6.45) is 11.0. The molecule has 0 spiro atoms. The number of nitrogens with zero attached hydrogens (tertiary/aromatic N) is 3. The zero-order valence-electron chi connectivity index (χ0n) is 13.6.